The fourth-order valence-corrected chi connectivity index (χ4v) is 1.94. The van der Waals surface area contributed by atoms with Crippen LogP contribution >= 0.6 is 0 Å². The fourth-order valence-electron chi connectivity index (χ4n) is 1.94. The number of carbonyl (C=O) groups excluding carboxylic acids is 1. The van der Waals surface area contributed by atoms with Crippen molar-refractivity contribution in [2.45, 2.75) is 0 Å². The molecule has 0 bridgehead atoms. The topological polar surface area (TPSA) is 95.9 Å². The minimum Gasteiger partial charge on any atom is -0.507 e. The van der Waals surface area contributed by atoms with E-state index in [0.717, 1.165) is 5.56 Å². The Morgan fingerprint density at radius 3 is 2.57 bits per heavy atom. The molecule has 6 heteroatoms. The van der Waals surface area contributed by atoms with Crippen molar-refractivity contribution in [1.29, 1.82) is 0 Å². The molecule has 0 saturated heterocycles. The van der Waals surface area contributed by atoms with Crippen LogP contribution in [0.2, 0.25) is 0 Å². The number of carboxylic acid groups (broad SMARTS) is 1. The number of benzene rings is 2. The number of rotatable bonds is 5. The second-order valence-corrected chi connectivity index (χ2v) is 4.60. The van der Waals surface area contributed by atoms with Crippen molar-refractivity contribution in [2.75, 3.05) is 12.4 Å². The molecule has 3 N–H and O–H groups in total. The first kappa shape index (κ1) is 16.1. The molecule has 6 nitrogen and oxygen atoms in total. The highest BCUT2D eigenvalue weighted by atomic mass is 16.5. The number of para-hydroxylation sites is 1. The van der Waals surface area contributed by atoms with Gasteiger partial charge in [-0.1, -0.05) is 18.2 Å². The molecule has 0 aliphatic heterocycles. The lowest BCUT2D eigenvalue weighted by Crippen LogP contribution is -2.08. The number of carbonyl (C=O) groups is 2. The van der Waals surface area contributed by atoms with Crippen molar-refractivity contribution in [2.24, 2.45) is 0 Å². The maximum atomic E-state index is 11.9. The van der Waals surface area contributed by atoms with E-state index in [-0.39, 0.29) is 5.56 Å². The Kier molecular flexibility index (Phi) is 4.99. The van der Waals surface area contributed by atoms with Crippen LogP contribution in [-0.4, -0.2) is 29.2 Å². The smallest absolute Gasteiger partial charge is 0.339 e. The Morgan fingerprint density at radius 2 is 1.91 bits per heavy atom. The number of ether oxygens (including phenoxy) is 1. The molecule has 118 valence electrons. The van der Waals surface area contributed by atoms with Gasteiger partial charge in [-0.3, -0.25) is 4.79 Å². The van der Waals surface area contributed by atoms with Crippen LogP contribution < -0.4 is 10.1 Å². The maximum Gasteiger partial charge on any atom is 0.339 e. The van der Waals surface area contributed by atoms with E-state index in [1.165, 1.54) is 24.3 Å². The van der Waals surface area contributed by atoms with Crippen LogP contribution in [0.4, 0.5) is 5.69 Å². The van der Waals surface area contributed by atoms with Crippen molar-refractivity contribution < 1.29 is 24.5 Å². The van der Waals surface area contributed by atoms with Gasteiger partial charge in [0.15, 0.2) is 0 Å². The molecule has 2 aromatic rings. The van der Waals surface area contributed by atoms with E-state index >= 15 is 0 Å². The first-order valence-corrected chi connectivity index (χ1v) is 6.69. The molecule has 0 spiro atoms. The number of aromatic carboxylic acids is 1. The Morgan fingerprint density at radius 1 is 1.17 bits per heavy atom. The van der Waals surface area contributed by atoms with E-state index in [0.29, 0.717) is 11.4 Å². The second kappa shape index (κ2) is 7.13. The first-order chi connectivity index (χ1) is 11.0. The van der Waals surface area contributed by atoms with Gasteiger partial charge < -0.3 is 20.3 Å². The van der Waals surface area contributed by atoms with Gasteiger partial charge in [-0.25, -0.2) is 4.79 Å². The van der Waals surface area contributed by atoms with Crippen LogP contribution in [0.3, 0.4) is 0 Å². The van der Waals surface area contributed by atoms with Gasteiger partial charge in [0.1, 0.15) is 17.1 Å². The third-order valence-corrected chi connectivity index (χ3v) is 3.05. The zero-order valence-corrected chi connectivity index (χ0v) is 12.3. The molecule has 0 radical (unpaired) electrons. The van der Waals surface area contributed by atoms with Crippen molar-refractivity contribution in [3.63, 3.8) is 0 Å². The summed E-state index contributed by atoms with van der Waals surface area (Å²) in [6, 6.07) is 11.0. The van der Waals surface area contributed by atoms with Crippen LogP contribution in [0, 0.1) is 0 Å². The number of carboxylic acids is 1. The highest BCUT2D eigenvalue weighted by Crippen LogP contribution is 2.22. The molecule has 0 unspecified atom stereocenters. The number of phenols is 1. The summed E-state index contributed by atoms with van der Waals surface area (Å²) < 4.78 is 5.18. The summed E-state index contributed by atoms with van der Waals surface area (Å²) in [5.74, 6) is -1.43. The fraction of sp³-hybridized carbons (Fsp3) is 0.0588. The number of hydrogen-bond acceptors (Lipinski definition) is 4. The van der Waals surface area contributed by atoms with Crippen molar-refractivity contribution in [3.8, 4) is 11.5 Å². The second-order valence-electron chi connectivity index (χ2n) is 4.60. The van der Waals surface area contributed by atoms with Crippen LogP contribution in [0.1, 0.15) is 15.9 Å². The summed E-state index contributed by atoms with van der Waals surface area (Å²) in [6.45, 7) is 0. The van der Waals surface area contributed by atoms with Gasteiger partial charge in [0.2, 0.25) is 5.91 Å². The molecule has 1 amide bonds. The van der Waals surface area contributed by atoms with Crippen molar-refractivity contribution >= 4 is 23.6 Å². The lowest BCUT2D eigenvalue weighted by Gasteiger charge is -2.05. The number of hydrogen-bond donors (Lipinski definition) is 3. The summed E-state index contributed by atoms with van der Waals surface area (Å²) in [4.78, 5) is 22.7. The van der Waals surface area contributed by atoms with E-state index in [4.69, 9.17) is 9.84 Å². The Bertz CT molecular complexity index is 767. The minimum absolute atomic E-state index is 0.229. The normalized spacial score (nSPS) is 10.5. The number of aromatic hydroxyl groups is 1. The van der Waals surface area contributed by atoms with Crippen molar-refractivity contribution in [1.82, 2.24) is 0 Å². The predicted octanol–water partition coefficient (Wildman–Crippen LogP) is 2.75. The first-order valence-electron chi connectivity index (χ1n) is 6.69. The van der Waals surface area contributed by atoms with E-state index in [1.54, 1.807) is 25.3 Å². The number of methoxy groups -OCH3 is 1. The molecule has 23 heavy (non-hydrogen) atoms. The molecule has 0 aliphatic rings. The highest BCUT2D eigenvalue weighted by molar-refractivity contribution is 6.02. The highest BCUT2D eigenvalue weighted by Gasteiger charge is 2.10. The average Bonchev–Trinajstić information content (AvgIpc) is 2.53. The molecule has 2 rings (SSSR count). The maximum absolute atomic E-state index is 11.9. The zero-order chi connectivity index (χ0) is 16.8. The monoisotopic (exact) mass is 313 g/mol. The van der Waals surface area contributed by atoms with E-state index < -0.39 is 17.6 Å². The SMILES string of the molecule is COc1ccccc1/C=C/C(=O)Nc1ccc(C(=O)O)c(O)c1. The summed E-state index contributed by atoms with van der Waals surface area (Å²) >= 11 is 0. The molecule has 0 heterocycles. The molecule has 0 aromatic heterocycles. The largest absolute Gasteiger partial charge is 0.507 e. The van der Waals surface area contributed by atoms with Crippen LogP contribution in [0.25, 0.3) is 6.08 Å². The molecule has 2 aromatic carbocycles. The Labute approximate surface area is 132 Å². The van der Waals surface area contributed by atoms with E-state index in [1.807, 2.05) is 12.1 Å². The minimum atomic E-state index is -1.24. The van der Waals surface area contributed by atoms with Gasteiger partial charge in [-0.2, -0.15) is 0 Å². The summed E-state index contributed by atoms with van der Waals surface area (Å²) in [5, 5.41) is 20.9. The predicted molar refractivity (Wildman–Crippen MR) is 85.7 cm³/mol. The lowest BCUT2D eigenvalue weighted by molar-refractivity contribution is -0.111. The van der Waals surface area contributed by atoms with Gasteiger partial charge >= 0.3 is 5.97 Å². The number of anilines is 1. The average molecular weight is 313 g/mol. The van der Waals surface area contributed by atoms with E-state index in [9.17, 15) is 14.7 Å². The standard InChI is InChI=1S/C17H15NO5/c1-23-15-5-3-2-4-11(15)6-9-16(20)18-12-7-8-13(17(21)22)14(19)10-12/h2-10,19H,1H3,(H,18,20)(H,21,22)/b9-6+. The summed E-state index contributed by atoms with van der Waals surface area (Å²) in [6.07, 6.45) is 2.92. The van der Waals surface area contributed by atoms with E-state index in [2.05, 4.69) is 5.32 Å². The molecule has 0 atom stereocenters. The number of amides is 1. The van der Waals surface area contributed by atoms with Crippen molar-refractivity contribution in [3.05, 3.63) is 59.7 Å². The van der Waals surface area contributed by atoms with Gasteiger partial charge in [0.25, 0.3) is 0 Å². The Hall–Kier alpha value is -3.28. The third kappa shape index (κ3) is 4.10. The summed E-state index contributed by atoms with van der Waals surface area (Å²) in [7, 11) is 1.54. The molecule has 0 aliphatic carbocycles. The van der Waals surface area contributed by atoms with Gasteiger partial charge in [-0.05, 0) is 24.3 Å². The zero-order valence-electron chi connectivity index (χ0n) is 12.3. The quantitative estimate of drug-likeness (QED) is 0.738. The van der Waals surface area contributed by atoms with Crippen LogP contribution in [0.5, 0.6) is 11.5 Å². The third-order valence-electron chi connectivity index (χ3n) is 3.05. The summed E-state index contributed by atoms with van der Waals surface area (Å²) in [5.41, 5.74) is 0.809. The Balaban J connectivity index is 2.09. The van der Waals surface area contributed by atoms with Gasteiger partial charge in [-0.15, -0.1) is 0 Å². The molecule has 0 saturated carbocycles. The lowest BCUT2D eigenvalue weighted by atomic mass is 10.1. The molecule has 0 fully saturated rings. The molecular formula is C17H15NO5. The van der Waals surface area contributed by atoms with Gasteiger partial charge in [0, 0.05) is 23.4 Å². The van der Waals surface area contributed by atoms with Crippen LogP contribution in [-0.2, 0) is 4.79 Å². The van der Waals surface area contributed by atoms with Crippen LogP contribution in [0.15, 0.2) is 48.5 Å². The number of nitrogens with one attached hydrogen (secondary N) is 1. The van der Waals surface area contributed by atoms with Gasteiger partial charge in [0.05, 0.1) is 7.11 Å². The molecular weight excluding hydrogens is 298 g/mol.